The summed E-state index contributed by atoms with van der Waals surface area (Å²) in [7, 11) is -1.24. The second-order valence-corrected chi connectivity index (χ2v) is 7.57. The minimum Gasteiger partial charge on any atom is -0.341 e. The molecule has 2 fully saturated rings. The Hall–Kier alpha value is -0.660. The Morgan fingerprint density at radius 3 is 2.67 bits per heavy atom. The van der Waals surface area contributed by atoms with Crippen molar-refractivity contribution in [2.24, 2.45) is 5.73 Å². The zero-order valence-electron chi connectivity index (χ0n) is 10.7. The van der Waals surface area contributed by atoms with Crippen LogP contribution < -0.4 is 5.73 Å². The van der Waals surface area contributed by atoms with E-state index in [0.29, 0.717) is 13.0 Å². The van der Waals surface area contributed by atoms with E-state index in [-0.39, 0.29) is 29.5 Å². The first-order valence-corrected chi connectivity index (χ1v) is 8.13. The van der Waals surface area contributed by atoms with Crippen molar-refractivity contribution in [1.29, 1.82) is 0 Å². The molecular formula is C11H21N3O3S. The van der Waals surface area contributed by atoms with Crippen LogP contribution in [0.3, 0.4) is 0 Å². The molecule has 2 aliphatic heterocycles. The molecule has 0 bridgehead atoms. The molecule has 2 aliphatic rings. The molecule has 6 nitrogen and oxygen atoms in total. The number of likely N-dealkylation sites (N-methyl/N-ethyl adjacent to an activating group) is 1. The molecule has 0 spiro atoms. The number of sulfone groups is 1. The van der Waals surface area contributed by atoms with Crippen LogP contribution in [0, 0.1) is 0 Å². The molecule has 18 heavy (non-hydrogen) atoms. The summed E-state index contributed by atoms with van der Waals surface area (Å²) >= 11 is 0. The predicted molar refractivity (Wildman–Crippen MR) is 68.9 cm³/mol. The van der Waals surface area contributed by atoms with Gasteiger partial charge in [0.05, 0.1) is 18.1 Å². The van der Waals surface area contributed by atoms with Gasteiger partial charge in [0.2, 0.25) is 5.91 Å². The van der Waals surface area contributed by atoms with Gasteiger partial charge in [-0.15, -0.1) is 0 Å². The van der Waals surface area contributed by atoms with Gasteiger partial charge in [0, 0.05) is 32.2 Å². The van der Waals surface area contributed by atoms with Gasteiger partial charge in [-0.3, -0.25) is 9.69 Å². The third-order valence-electron chi connectivity index (χ3n) is 3.82. The van der Waals surface area contributed by atoms with Gasteiger partial charge >= 0.3 is 0 Å². The van der Waals surface area contributed by atoms with Crippen LogP contribution >= 0.6 is 0 Å². The lowest BCUT2D eigenvalue weighted by molar-refractivity contribution is -0.132. The van der Waals surface area contributed by atoms with Gasteiger partial charge in [-0.2, -0.15) is 0 Å². The highest BCUT2D eigenvalue weighted by atomic mass is 32.2. The number of nitrogens with two attached hydrogens (primary N) is 1. The lowest BCUT2D eigenvalue weighted by atomic mass is 10.2. The Bertz CT molecular complexity index is 423. The average Bonchev–Trinajstić information content (AvgIpc) is 2.83. The first-order chi connectivity index (χ1) is 8.37. The lowest BCUT2D eigenvalue weighted by Gasteiger charge is -2.26. The largest absolute Gasteiger partial charge is 0.341 e. The molecule has 0 aromatic carbocycles. The Morgan fingerprint density at radius 2 is 2.17 bits per heavy atom. The molecule has 7 heteroatoms. The van der Waals surface area contributed by atoms with Crippen molar-refractivity contribution in [3.05, 3.63) is 0 Å². The zero-order chi connectivity index (χ0) is 13.3. The van der Waals surface area contributed by atoms with Gasteiger partial charge in [0.15, 0.2) is 9.84 Å². The molecule has 2 heterocycles. The molecule has 2 N–H and O–H groups in total. The summed E-state index contributed by atoms with van der Waals surface area (Å²) in [5.74, 6) is 0.296. The summed E-state index contributed by atoms with van der Waals surface area (Å²) in [5, 5.41) is 0. The number of carbonyl (C=O) groups excluding carboxylic acids is 1. The van der Waals surface area contributed by atoms with Crippen molar-refractivity contribution in [2.75, 3.05) is 38.2 Å². The number of carbonyl (C=O) groups is 1. The van der Waals surface area contributed by atoms with E-state index in [1.807, 2.05) is 4.90 Å². The maximum absolute atomic E-state index is 12.1. The van der Waals surface area contributed by atoms with Crippen LogP contribution in [0.5, 0.6) is 0 Å². The van der Waals surface area contributed by atoms with Crippen molar-refractivity contribution in [3.63, 3.8) is 0 Å². The molecule has 1 unspecified atom stereocenters. The summed E-state index contributed by atoms with van der Waals surface area (Å²) in [5.41, 5.74) is 5.79. The quantitative estimate of drug-likeness (QED) is 0.689. The first kappa shape index (κ1) is 13.8. The molecule has 0 aromatic heterocycles. The van der Waals surface area contributed by atoms with E-state index in [2.05, 4.69) is 0 Å². The van der Waals surface area contributed by atoms with Gasteiger partial charge < -0.3 is 10.6 Å². The van der Waals surface area contributed by atoms with Crippen molar-refractivity contribution in [2.45, 2.75) is 24.9 Å². The predicted octanol–water partition coefficient (Wildman–Crippen LogP) is -1.34. The minimum atomic E-state index is -2.94. The maximum atomic E-state index is 12.1. The molecular weight excluding hydrogens is 254 g/mol. The Morgan fingerprint density at radius 1 is 1.44 bits per heavy atom. The van der Waals surface area contributed by atoms with Crippen LogP contribution in [0.25, 0.3) is 0 Å². The van der Waals surface area contributed by atoms with Crippen molar-refractivity contribution >= 4 is 15.7 Å². The highest BCUT2D eigenvalue weighted by Crippen LogP contribution is 2.17. The fraction of sp³-hybridized carbons (Fsp3) is 0.909. The van der Waals surface area contributed by atoms with Crippen molar-refractivity contribution < 1.29 is 13.2 Å². The molecule has 0 radical (unpaired) electrons. The fourth-order valence-corrected chi connectivity index (χ4v) is 4.37. The summed E-state index contributed by atoms with van der Waals surface area (Å²) in [6.07, 6.45) is 1.49. The number of hydrogen-bond acceptors (Lipinski definition) is 5. The van der Waals surface area contributed by atoms with Gasteiger partial charge in [-0.25, -0.2) is 8.42 Å². The molecule has 0 aromatic rings. The number of amides is 1. The fourth-order valence-electron chi connectivity index (χ4n) is 2.59. The van der Waals surface area contributed by atoms with E-state index in [1.54, 1.807) is 11.9 Å². The summed E-state index contributed by atoms with van der Waals surface area (Å²) in [6, 6.07) is 0.00809. The van der Waals surface area contributed by atoms with E-state index in [9.17, 15) is 13.2 Å². The summed E-state index contributed by atoms with van der Waals surface area (Å²) in [4.78, 5) is 15.7. The second-order valence-electron chi connectivity index (χ2n) is 5.35. The Labute approximate surface area is 108 Å². The number of likely N-dealkylation sites (tertiary alicyclic amines) is 1. The SMILES string of the molecule is CN(C(=O)CN1CC[C@@H](N)C1)C1CCS(=O)(=O)C1. The highest BCUT2D eigenvalue weighted by molar-refractivity contribution is 7.91. The van der Waals surface area contributed by atoms with Crippen LogP contribution in [-0.2, 0) is 14.6 Å². The van der Waals surface area contributed by atoms with E-state index >= 15 is 0 Å². The smallest absolute Gasteiger partial charge is 0.236 e. The number of rotatable bonds is 3. The lowest BCUT2D eigenvalue weighted by Crippen LogP contribution is -2.43. The third-order valence-corrected chi connectivity index (χ3v) is 5.57. The number of hydrogen-bond donors (Lipinski definition) is 1. The second kappa shape index (κ2) is 5.14. The third kappa shape index (κ3) is 3.21. The normalized spacial score (nSPS) is 31.7. The van der Waals surface area contributed by atoms with Crippen molar-refractivity contribution in [3.8, 4) is 0 Å². The summed E-state index contributed by atoms with van der Waals surface area (Å²) < 4.78 is 22.8. The molecule has 0 aliphatic carbocycles. The van der Waals surface area contributed by atoms with Crippen LogP contribution in [0.15, 0.2) is 0 Å². The first-order valence-electron chi connectivity index (χ1n) is 6.31. The van der Waals surface area contributed by atoms with E-state index in [1.165, 1.54) is 0 Å². The monoisotopic (exact) mass is 275 g/mol. The molecule has 0 saturated carbocycles. The molecule has 104 valence electrons. The molecule has 2 atom stereocenters. The van der Waals surface area contributed by atoms with Crippen molar-refractivity contribution in [1.82, 2.24) is 9.80 Å². The van der Waals surface area contributed by atoms with Crippen LogP contribution in [-0.4, -0.2) is 74.4 Å². The van der Waals surface area contributed by atoms with Gasteiger partial charge in [0.1, 0.15) is 0 Å². The number of nitrogens with zero attached hydrogens (tertiary/aromatic N) is 2. The Balaban J connectivity index is 1.85. The zero-order valence-corrected chi connectivity index (χ0v) is 11.5. The van der Waals surface area contributed by atoms with Gasteiger partial charge in [-0.05, 0) is 12.8 Å². The Kier molecular flexibility index (Phi) is 3.93. The molecule has 1 amide bonds. The van der Waals surface area contributed by atoms with E-state index in [0.717, 1.165) is 19.5 Å². The topological polar surface area (TPSA) is 83.7 Å². The van der Waals surface area contributed by atoms with Gasteiger partial charge in [0.25, 0.3) is 0 Å². The highest BCUT2D eigenvalue weighted by Gasteiger charge is 2.33. The van der Waals surface area contributed by atoms with E-state index < -0.39 is 9.84 Å². The average molecular weight is 275 g/mol. The minimum absolute atomic E-state index is 0.00815. The molecule has 2 rings (SSSR count). The van der Waals surface area contributed by atoms with E-state index in [4.69, 9.17) is 5.73 Å². The maximum Gasteiger partial charge on any atom is 0.236 e. The van der Waals surface area contributed by atoms with Gasteiger partial charge in [-0.1, -0.05) is 0 Å². The van der Waals surface area contributed by atoms with Crippen LogP contribution in [0.4, 0.5) is 0 Å². The molecule has 2 saturated heterocycles. The van der Waals surface area contributed by atoms with Crippen LogP contribution in [0.2, 0.25) is 0 Å². The standard InChI is InChI=1S/C11H21N3O3S/c1-13(10-3-5-18(16,17)8-10)11(15)7-14-4-2-9(12)6-14/h9-10H,2-8,12H2,1H3/t9-,10?/m1/s1. The van der Waals surface area contributed by atoms with Crippen LogP contribution in [0.1, 0.15) is 12.8 Å². The summed E-state index contributed by atoms with van der Waals surface area (Å²) in [6.45, 7) is 1.95.